The Balaban J connectivity index is 0.00000264. The van der Waals surface area contributed by atoms with E-state index in [4.69, 9.17) is 0 Å². The zero-order valence-corrected chi connectivity index (χ0v) is 16.7. The van der Waals surface area contributed by atoms with Crippen LogP contribution in [0.1, 0.15) is 29.5 Å². The van der Waals surface area contributed by atoms with Crippen molar-refractivity contribution in [2.24, 2.45) is 4.99 Å². The van der Waals surface area contributed by atoms with E-state index in [1.807, 2.05) is 6.07 Å². The van der Waals surface area contributed by atoms with Gasteiger partial charge in [0.2, 0.25) is 0 Å². The molecule has 23 heavy (non-hydrogen) atoms. The van der Waals surface area contributed by atoms with Gasteiger partial charge in [0, 0.05) is 20.1 Å². The lowest BCUT2D eigenvalue weighted by Crippen LogP contribution is -2.38. The normalized spacial score (nSPS) is 12.4. The van der Waals surface area contributed by atoms with Crippen molar-refractivity contribution in [1.82, 2.24) is 10.6 Å². The molecule has 0 spiro atoms. The third-order valence-corrected chi connectivity index (χ3v) is 4.30. The highest BCUT2D eigenvalue weighted by atomic mass is 127. The molecule has 2 N–H and O–H groups in total. The molecular weight excluding hydrogens is 424 g/mol. The molecule has 0 saturated carbocycles. The number of guanidine groups is 1. The first kappa shape index (κ1) is 19.9. The van der Waals surface area contributed by atoms with Crippen LogP contribution in [0.2, 0.25) is 0 Å². The van der Waals surface area contributed by atoms with Gasteiger partial charge in [-0.2, -0.15) is 11.3 Å². The molecule has 0 aliphatic carbocycles. The molecule has 0 radical (unpaired) electrons. The van der Waals surface area contributed by atoms with Gasteiger partial charge >= 0.3 is 0 Å². The van der Waals surface area contributed by atoms with Crippen LogP contribution in [-0.4, -0.2) is 19.6 Å². The molecule has 1 aromatic carbocycles. The molecule has 2 rings (SSSR count). The molecule has 1 heterocycles. The monoisotopic (exact) mass is 447 g/mol. The summed E-state index contributed by atoms with van der Waals surface area (Å²) < 4.78 is 13.3. The van der Waals surface area contributed by atoms with Crippen LogP contribution in [0, 0.1) is 12.7 Å². The molecule has 6 heteroatoms. The Bertz CT molecular complexity index is 629. The highest BCUT2D eigenvalue weighted by Gasteiger charge is 2.07. The third-order valence-electron chi connectivity index (χ3n) is 3.59. The highest BCUT2D eigenvalue weighted by Crippen LogP contribution is 2.17. The Hall–Kier alpha value is -1.15. The SMILES string of the molecule is CN=C(NCc1ccc(F)c(C)c1)NCC(C)c1ccsc1.I. The van der Waals surface area contributed by atoms with Crippen molar-refractivity contribution in [3.63, 3.8) is 0 Å². The van der Waals surface area contributed by atoms with Gasteiger partial charge in [-0.25, -0.2) is 4.39 Å². The Kier molecular flexibility index (Phi) is 8.54. The zero-order valence-electron chi connectivity index (χ0n) is 13.6. The van der Waals surface area contributed by atoms with Gasteiger partial charge in [-0.1, -0.05) is 19.1 Å². The fraction of sp³-hybridized carbons (Fsp3) is 0.353. The Morgan fingerprint density at radius 2 is 2.09 bits per heavy atom. The van der Waals surface area contributed by atoms with E-state index in [0.29, 0.717) is 18.0 Å². The van der Waals surface area contributed by atoms with E-state index in [1.165, 1.54) is 11.6 Å². The largest absolute Gasteiger partial charge is 0.356 e. The minimum atomic E-state index is -0.171. The summed E-state index contributed by atoms with van der Waals surface area (Å²) >= 11 is 1.71. The van der Waals surface area contributed by atoms with Gasteiger partial charge in [0.15, 0.2) is 5.96 Å². The highest BCUT2D eigenvalue weighted by molar-refractivity contribution is 14.0. The molecule has 0 fully saturated rings. The van der Waals surface area contributed by atoms with Crippen LogP contribution in [0.5, 0.6) is 0 Å². The van der Waals surface area contributed by atoms with Gasteiger partial charge in [0.1, 0.15) is 5.82 Å². The number of aryl methyl sites for hydroxylation is 1. The van der Waals surface area contributed by atoms with Gasteiger partial charge in [0.25, 0.3) is 0 Å². The Morgan fingerprint density at radius 3 is 2.70 bits per heavy atom. The lowest BCUT2D eigenvalue weighted by atomic mass is 10.1. The Morgan fingerprint density at radius 1 is 1.30 bits per heavy atom. The topological polar surface area (TPSA) is 36.4 Å². The minimum absolute atomic E-state index is 0. The second-order valence-corrected chi connectivity index (χ2v) is 6.13. The molecule has 0 aliphatic heterocycles. The van der Waals surface area contributed by atoms with Crippen molar-refractivity contribution < 1.29 is 4.39 Å². The predicted octanol–water partition coefficient (Wildman–Crippen LogP) is 4.28. The molecule has 0 saturated heterocycles. The molecule has 1 unspecified atom stereocenters. The van der Waals surface area contributed by atoms with Crippen molar-refractivity contribution >= 4 is 41.3 Å². The van der Waals surface area contributed by atoms with Crippen molar-refractivity contribution in [1.29, 1.82) is 0 Å². The maximum atomic E-state index is 13.3. The van der Waals surface area contributed by atoms with Crippen LogP contribution in [-0.2, 0) is 6.54 Å². The third kappa shape index (κ3) is 6.10. The van der Waals surface area contributed by atoms with Crippen molar-refractivity contribution in [2.75, 3.05) is 13.6 Å². The summed E-state index contributed by atoms with van der Waals surface area (Å²) in [4.78, 5) is 4.22. The summed E-state index contributed by atoms with van der Waals surface area (Å²) in [5.41, 5.74) is 3.03. The fourth-order valence-corrected chi connectivity index (χ4v) is 2.93. The zero-order chi connectivity index (χ0) is 15.9. The van der Waals surface area contributed by atoms with Crippen molar-refractivity contribution in [3.8, 4) is 0 Å². The van der Waals surface area contributed by atoms with Crippen LogP contribution >= 0.6 is 35.3 Å². The first-order valence-electron chi connectivity index (χ1n) is 7.31. The molecule has 1 atom stereocenters. The van der Waals surface area contributed by atoms with Gasteiger partial charge in [-0.15, -0.1) is 24.0 Å². The number of rotatable bonds is 5. The number of hydrogen-bond donors (Lipinski definition) is 2. The van der Waals surface area contributed by atoms with E-state index in [1.54, 1.807) is 31.4 Å². The molecule has 126 valence electrons. The van der Waals surface area contributed by atoms with Crippen molar-refractivity contribution in [3.05, 3.63) is 57.5 Å². The number of benzene rings is 1. The van der Waals surface area contributed by atoms with E-state index in [9.17, 15) is 4.39 Å². The smallest absolute Gasteiger partial charge is 0.191 e. The molecule has 0 aliphatic rings. The molecule has 2 aromatic rings. The van der Waals surface area contributed by atoms with E-state index in [0.717, 1.165) is 18.1 Å². The average molecular weight is 447 g/mol. The minimum Gasteiger partial charge on any atom is -0.356 e. The summed E-state index contributed by atoms with van der Waals surface area (Å²) in [5.74, 6) is 1.01. The lowest BCUT2D eigenvalue weighted by molar-refractivity contribution is 0.617. The number of halogens is 2. The summed E-state index contributed by atoms with van der Waals surface area (Å²) in [6.45, 7) is 5.40. The van der Waals surface area contributed by atoms with Crippen LogP contribution in [0.3, 0.4) is 0 Å². The van der Waals surface area contributed by atoms with Crippen LogP contribution in [0.25, 0.3) is 0 Å². The predicted molar refractivity (Wildman–Crippen MR) is 107 cm³/mol. The fourth-order valence-electron chi connectivity index (χ4n) is 2.15. The van der Waals surface area contributed by atoms with E-state index in [2.05, 4.69) is 39.4 Å². The van der Waals surface area contributed by atoms with E-state index < -0.39 is 0 Å². The van der Waals surface area contributed by atoms with Gasteiger partial charge in [-0.3, -0.25) is 4.99 Å². The Labute approximate surface area is 158 Å². The molecule has 1 aromatic heterocycles. The summed E-state index contributed by atoms with van der Waals surface area (Å²) in [7, 11) is 1.75. The van der Waals surface area contributed by atoms with Gasteiger partial charge < -0.3 is 10.6 Å². The number of hydrogen-bond acceptors (Lipinski definition) is 2. The molecule has 0 amide bonds. The maximum absolute atomic E-state index is 13.3. The van der Waals surface area contributed by atoms with Crippen LogP contribution in [0.15, 0.2) is 40.0 Å². The number of thiophene rings is 1. The molecule has 0 bridgehead atoms. The summed E-state index contributed by atoms with van der Waals surface area (Å²) in [6.07, 6.45) is 0. The maximum Gasteiger partial charge on any atom is 0.191 e. The first-order chi connectivity index (χ1) is 10.6. The summed E-state index contributed by atoms with van der Waals surface area (Å²) in [5, 5.41) is 10.8. The van der Waals surface area contributed by atoms with Crippen LogP contribution < -0.4 is 10.6 Å². The first-order valence-corrected chi connectivity index (χ1v) is 8.26. The second kappa shape index (κ2) is 9.87. The number of nitrogens with zero attached hydrogens (tertiary/aromatic N) is 1. The number of nitrogens with one attached hydrogen (secondary N) is 2. The molecular formula is C17H23FIN3S. The van der Waals surface area contributed by atoms with Gasteiger partial charge in [-0.05, 0) is 52.4 Å². The average Bonchev–Trinajstić information content (AvgIpc) is 3.05. The van der Waals surface area contributed by atoms with Crippen molar-refractivity contribution in [2.45, 2.75) is 26.3 Å². The van der Waals surface area contributed by atoms with E-state index in [-0.39, 0.29) is 29.8 Å². The second-order valence-electron chi connectivity index (χ2n) is 5.35. The summed E-state index contributed by atoms with van der Waals surface area (Å²) in [6, 6.07) is 7.29. The quantitative estimate of drug-likeness (QED) is 0.408. The van der Waals surface area contributed by atoms with E-state index >= 15 is 0 Å². The number of aliphatic imine (C=N–C) groups is 1. The standard InChI is InChI=1S/C17H22FN3S.HI/c1-12-8-14(4-5-16(12)18)10-21-17(19-3)20-9-13(2)15-6-7-22-11-15;/h4-8,11,13H,9-10H2,1-3H3,(H2,19,20,21);1H. The van der Waals surface area contributed by atoms with Crippen LogP contribution in [0.4, 0.5) is 4.39 Å². The molecule has 3 nitrogen and oxygen atoms in total. The lowest BCUT2D eigenvalue weighted by Gasteiger charge is -2.15. The van der Waals surface area contributed by atoms with Gasteiger partial charge in [0.05, 0.1) is 0 Å².